The van der Waals surface area contributed by atoms with E-state index in [2.05, 4.69) is 4.90 Å². The summed E-state index contributed by atoms with van der Waals surface area (Å²) in [7, 11) is 0. The fourth-order valence-corrected chi connectivity index (χ4v) is 2.17. The second-order valence-electron chi connectivity index (χ2n) is 4.01. The van der Waals surface area contributed by atoms with Crippen LogP contribution in [-0.2, 0) is 4.74 Å². The van der Waals surface area contributed by atoms with Gasteiger partial charge < -0.3 is 14.9 Å². The molecule has 5 heteroatoms. The van der Waals surface area contributed by atoms with E-state index >= 15 is 0 Å². The molecule has 1 saturated heterocycles. The molecule has 1 atom stereocenters. The van der Waals surface area contributed by atoms with E-state index in [0.717, 1.165) is 13.1 Å². The van der Waals surface area contributed by atoms with Gasteiger partial charge >= 0.3 is 0 Å². The third-order valence-electron chi connectivity index (χ3n) is 3.01. The third-order valence-corrected chi connectivity index (χ3v) is 3.01. The molecule has 0 saturated carbocycles. The Morgan fingerprint density at radius 2 is 2.06 bits per heavy atom. The number of allylic oxidation sites excluding steroid dienone is 2. The third kappa shape index (κ3) is 2.49. The van der Waals surface area contributed by atoms with Gasteiger partial charge in [-0.3, -0.25) is 4.90 Å². The molecule has 90 valence electrons. The van der Waals surface area contributed by atoms with Gasteiger partial charge in [0, 0.05) is 24.7 Å². The second-order valence-corrected chi connectivity index (χ2v) is 4.01. The van der Waals surface area contributed by atoms with Crippen LogP contribution in [0.5, 0.6) is 0 Å². The highest BCUT2D eigenvalue weighted by Gasteiger charge is 2.29. The number of nitrogens with zero attached hydrogens (tertiary/aromatic N) is 1. The molecule has 0 radical (unpaired) electrons. The molecule has 1 fully saturated rings. The average molecular weight is 229 g/mol. The minimum Gasteiger partial charge on any atom is -0.379 e. The topological polar surface area (TPSA) is 52.9 Å². The van der Waals surface area contributed by atoms with E-state index in [1.165, 1.54) is 12.2 Å². The summed E-state index contributed by atoms with van der Waals surface area (Å²) >= 11 is 0. The van der Waals surface area contributed by atoms with Crippen molar-refractivity contribution in [3.8, 4) is 0 Å². The van der Waals surface area contributed by atoms with E-state index < -0.39 is 12.1 Å². The summed E-state index contributed by atoms with van der Waals surface area (Å²) in [5.74, 6) is -0.396. The van der Waals surface area contributed by atoms with Crippen molar-refractivity contribution in [2.75, 3.05) is 26.3 Å². The van der Waals surface area contributed by atoms with Crippen LogP contribution in [0, 0.1) is 0 Å². The van der Waals surface area contributed by atoms with Crippen LogP contribution >= 0.6 is 0 Å². The maximum atomic E-state index is 13.1. The lowest BCUT2D eigenvalue weighted by Gasteiger charge is -2.37. The summed E-state index contributed by atoms with van der Waals surface area (Å²) in [6, 6.07) is -0.122. The molecule has 0 spiro atoms. The first-order valence-electron chi connectivity index (χ1n) is 5.43. The molecule has 16 heavy (non-hydrogen) atoms. The maximum absolute atomic E-state index is 13.1. The van der Waals surface area contributed by atoms with Gasteiger partial charge in [-0.05, 0) is 18.6 Å². The number of aliphatic hydroxyl groups excluding tert-OH is 1. The smallest absolute Gasteiger partial charge is 0.176 e. The summed E-state index contributed by atoms with van der Waals surface area (Å²) in [6.45, 7) is 2.75. The highest BCUT2D eigenvalue weighted by atomic mass is 19.1. The van der Waals surface area contributed by atoms with Crippen molar-refractivity contribution in [3.63, 3.8) is 0 Å². The van der Waals surface area contributed by atoms with E-state index in [-0.39, 0.29) is 6.04 Å². The minimum absolute atomic E-state index is 0.122. The number of hydrogen-bond donors (Lipinski definition) is 2. The predicted molar refractivity (Wildman–Crippen MR) is 56.3 cm³/mol. The van der Waals surface area contributed by atoms with E-state index in [9.17, 15) is 14.6 Å². The average Bonchev–Trinajstić information content (AvgIpc) is 2.30. The molecule has 2 N–H and O–H groups in total. The highest BCUT2D eigenvalue weighted by molar-refractivity contribution is 5.29. The number of hydrogen-bond acceptors (Lipinski definition) is 4. The van der Waals surface area contributed by atoms with Gasteiger partial charge in [0.1, 0.15) is 5.83 Å². The maximum Gasteiger partial charge on any atom is 0.176 e. The van der Waals surface area contributed by atoms with Gasteiger partial charge in [-0.15, -0.1) is 0 Å². The van der Waals surface area contributed by atoms with Gasteiger partial charge in [-0.1, -0.05) is 0 Å². The van der Waals surface area contributed by atoms with Gasteiger partial charge in [0.25, 0.3) is 0 Å². The van der Waals surface area contributed by atoms with E-state index in [1.807, 2.05) is 0 Å². The normalized spacial score (nSPS) is 27.9. The Hall–Kier alpha value is -0.750. The first-order valence-corrected chi connectivity index (χ1v) is 5.43. The van der Waals surface area contributed by atoms with Gasteiger partial charge in [0.2, 0.25) is 0 Å². The van der Waals surface area contributed by atoms with Crippen LogP contribution in [-0.4, -0.2) is 53.7 Å². The number of halogens is 1. The molecular weight excluding hydrogens is 213 g/mol. The monoisotopic (exact) mass is 229 g/mol. The molecule has 4 nitrogen and oxygen atoms in total. The van der Waals surface area contributed by atoms with Crippen molar-refractivity contribution >= 4 is 0 Å². The van der Waals surface area contributed by atoms with E-state index in [4.69, 9.17) is 4.74 Å². The zero-order valence-electron chi connectivity index (χ0n) is 8.97. The van der Waals surface area contributed by atoms with Crippen LogP contribution in [0.3, 0.4) is 0 Å². The molecule has 1 unspecified atom stereocenters. The predicted octanol–water partition coefficient (Wildman–Crippen LogP) is 0.181. The molecular formula is C11H16FNO3. The Kier molecular flexibility index (Phi) is 3.70. The lowest BCUT2D eigenvalue weighted by atomic mass is 9.96. The number of ether oxygens (including phenoxy) is 1. The Morgan fingerprint density at radius 3 is 2.69 bits per heavy atom. The zero-order chi connectivity index (χ0) is 11.5. The van der Waals surface area contributed by atoms with Crippen molar-refractivity contribution < 1.29 is 19.3 Å². The van der Waals surface area contributed by atoms with Crippen LogP contribution in [0.1, 0.15) is 6.42 Å². The van der Waals surface area contributed by atoms with Gasteiger partial charge in [-0.2, -0.15) is 0 Å². The Bertz CT molecular complexity index is 308. The lowest BCUT2D eigenvalue weighted by molar-refractivity contribution is -0.0310. The first-order chi connectivity index (χ1) is 7.68. The minimum atomic E-state index is -1.59. The number of rotatable bonds is 2. The summed E-state index contributed by atoms with van der Waals surface area (Å²) in [4.78, 5) is 2.09. The lowest BCUT2D eigenvalue weighted by Crippen LogP contribution is -2.46. The molecule has 0 aromatic rings. The molecule has 2 aliphatic rings. The quantitative estimate of drug-likeness (QED) is 0.663. The van der Waals surface area contributed by atoms with Crippen LogP contribution < -0.4 is 0 Å². The summed E-state index contributed by atoms with van der Waals surface area (Å²) in [5.41, 5.74) is 0.335. The molecule has 0 aromatic carbocycles. The summed E-state index contributed by atoms with van der Waals surface area (Å²) in [6.07, 6.45) is 1.59. The molecule has 1 heterocycles. The van der Waals surface area contributed by atoms with Crippen molar-refractivity contribution in [1.29, 1.82) is 0 Å². The second kappa shape index (κ2) is 5.05. The Morgan fingerprint density at radius 1 is 1.38 bits per heavy atom. The molecule has 1 aliphatic heterocycles. The van der Waals surface area contributed by atoms with Crippen molar-refractivity contribution in [3.05, 3.63) is 23.6 Å². The van der Waals surface area contributed by atoms with Crippen molar-refractivity contribution in [2.24, 2.45) is 0 Å². The molecule has 1 aliphatic carbocycles. The molecule has 0 amide bonds. The molecule has 0 bridgehead atoms. The summed E-state index contributed by atoms with van der Waals surface area (Å²) in [5, 5.41) is 18.5. The highest BCUT2D eigenvalue weighted by Crippen LogP contribution is 2.25. The van der Waals surface area contributed by atoms with Crippen molar-refractivity contribution in [1.82, 2.24) is 4.90 Å². The first kappa shape index (κ1) is 11.7. The van der Waals surface area contributed by atoms with Gasteiger partial charge in [0.15, 0.2) is 6.29 Å². The van der Waals surface area contributed by atoms with Gasteiger partial charge in [0.05, 0.1) is 13.2 Å². The molecule has 0 aromatic heterocycles. The van der Waals surface area contributed by atoms with E-state index in [1.54, 1.807) is 0 Å². The zero-order valence-corrected chi connectivity index (χ0v) is 8.97. The SMILES string of the molecule is OC(O)C1=CC(F)=CCC1N1CCOCC1. The summed E-state index contributed by atoms with van der Waals surface area (Å²) < 4.78 is 18.3. The van der Waals surface area contributed by atoms with Gasteiger partial charge in [-0.25, -0.2) is 4.39 Å². The van der Waals surface area contributed by atoms with E-state index in [0.29, 0.717) is 25.2 Å². The largest absolute Gasteiger partial charge is 0.379 e. The molecule has 2 rings (SSSR count). The number of morpholine rings is 1. The standard InChI is InChI=1S/C11H16FNO3/c12-8-1-2-10(9(7-8)11(14)15)13-3-5-16-6-4-13/h1,7,10-11,14-15H,2-6H2. The van der Waals surface area contributed by atoms with Crippen LogP contribution in [0.25, 0.3) is 0 Å². The number of aliphatic hydroxyl groups is 2. The Balaban J connectivity index is 2.11. The fourth-order valence-electron chi connectivity index (χ4n) is 2.17. The van der Waals surface area contributed by atoms with Crippen LogP contribution in [0.4, 0.5) is 4.39 Å². The van der Waals surface area contributed by atoms with Crippen LogP contribution in [0.15, 0.2) is 23.6 Å². The van der Waals surface area contributed by atoms with Crippen LogP contribution in [0.2, 0.25) is 0 Å². The van der Waals surface area contributed by atoms with Crippen molar-refractivity contribution in [2.45, 2.75) is 18.8 Å². The fraction of sp³-hybridized carbons (Fsp3) is 0.636. The Labute approximate surface area is 93.6 Å².